The van der Waals surface area contributed by atoms with Crippen LogP contribution in [0, 0.1) is 5.82 Å². The predicted octanol–water partition coefficient (Wildman–Crippen LogP) is 4.63. The standard InChI is InChI=1S/C18H21ClFN/c1-2-11-21-17(12-14-7-9-16(19)10-8-14)13-15-5-3-4-6-18(15)20/h3-10,17,21H,2,11-13H2,1H3. The topological polar surface area (TPSA) is 12.0 Å². The van der Waals surface area contributed by atoms with E-state index in [0.717, 1.165) is 30.0 Å². The summed E-state index contributed by atoms with van der Waals surface area (Å²) in [4.78, 5) is 0. The zero-order valence-electron chi connectivity index (χ0n) is 12.3. The van der Waals surface area contributed by atoms with Gasteiger partial charge in [-0.15, -0.1) is 0 Å². The molecule has 112 valence electrons. The molecule has 0 aliphatic rings. The van der Waals surface area contributed by atoms with Gasteiger partial charge < -0.3 is 5.32 Å². The van der Waals surface area contributed by atoms with Gasteiger partial charge in [-0.1, -0.05) is 48.9 Å². The number of halogens is 2. The van der Waals surface area contributed by atoms with Gasteiger partial charge in [-0.2, -0.15) is 0 Å². The fourth-order valence-electron chi connectivity index (χ4n) is 2.40. The molecular formula is C18H21ClFN. The lowest BCUT2D eigenvalue weighted by molar-refractivity contribution is 0.492. The summed E-state index contributed by atoms with van der Waals surface area (Å²) in [6.45, 7) is 3.07. The predicted molar refractivity (Wildman–Crippen MR) is 87.3 cm³/mol. The number of hydrogen-bond acceptors (Lipinski definition) is 1. The average molecular weight is 306 g/mol. The van der Waals surface area contributed by atoms with Gasteiger partial charge in [0.15, 0.2) is 0 Å². The summed E-state index contributed by atoms with van der Waals surface area (Å²) < 4.78 is 13.8. The maximum Gasteiger partial charge on any atom is 0.126 e. The number of rotatable bonds is 7. The second-order valence-corrected chi connectivity index (χ2v) is 5.71. The van der Waals surface area contributed by atoms with Crippen LogP contribution in [0.3, 0.4) is 0 Å². The molecule has 0 fully saturated rings. The zero-order valence-corrected chi connectivity index (χ0v) is 13.0. The van der Waals surface area contributed by atoms with E-state index >= 15 is 0 Å². The summed E-state index contributed by atoms with van der Waals surface area (Å²) in [5.74, 6) is -0.128. The van der Waals surface area contributed by atoms with Crippen molar-refractivity contribution in [2.24, 2.45) is 0 Å². The van der Waals surface area contributed by atoms with Crippen LogP contribution in [0.1, 0.15) is 24.5 Å². The fourth-order valence-corrected chi connectivity index (χ4v) is 2.53. The van der Waals surface area contributed by atoms with Crippen LogP contribution < -0.4 is 5.32 Å². The molecule has 0 radical (unpaired) electrons. The second-order valence-electron chi connectivity index (χ2n) is 5.28. The highest BCUT2D eigenvalue weighted by atomic mass is 35.5. The summed E-state index contributed by atoms with van der Waals surface area (Å²) in [5.41, 5.74) is 1.98. The largest absolute Gasteiger partial charge is 0.313 e. The van der Waals surface area contributed by atoms with Gasteiger partial charge in [-0.05, 0) is 55.1 Å². The van der Waals surface area contributed by atoms with E-state index in [0.29, 0.717) is 6.42 Å². The Hall–Kier alpha value is -1.38. The average Bonchev–Trinajstić information content (AvgIpc) is 2.49. The molecule has 1 unspecified atom stereocenters. The summed E-state index contributed by atoms with van der Waals surface area (Å²) in [7, 11) is 0. The van der Waals surface area contributed by atoms with E-state index in [1.54, 1.807) is 6.07 Å². The molecule has 2 aromatic carbocycles. The van der Waals surface area contributed by atoms with E-state index in [1.807, 2.05) is 36.4 Å². The lowest BCUT2D eigenvalue weighted by Gasteiger charge is -2.19. The number of nitrogens with one attached hydrogen (secondary N) is 1. The van der Waals surface area contributed by atoms with Crippen LogP contribution in [-0.4, -0.2) is 12.6 Å². The molecule has 0 amide bonds. The Bertz CT molecular complexity index is 553. The minimum atomic E-state index is -0.128. The highest BCUT2D eigenvalue weighted by Crippen LogP contribution is 2.15. The van der Waals surface area contributed by atoms with Crippen molar-refractivity contribution in [1.82, 2.24) is 5.32 Å². The monoisotopic (exact) mass is 305 g/mol. The van der Waals surface area contributed by atoms with Gasteiger partial charge in [0.2, 0.25) is 0 Å². The van der Waals surface area contributed by atoms with Crippen molar-refractivity contribution in [2.75, 3.05) is 6.54 Å². The molecule has 3 heteroatoms. The van der Waals surface area contributed by atoms with E-state index < -0.39 is 0 Å². The van der Waals surface area contributed by atoms with Crippen molar-refractivity contribution in [3.63, 3.8) is 0 Å². The van der Waals surface area contributed by atoms with E-state index in [9.17, 15) is 4.39 Å². The van der Waals surface area contributed by atoms with E-state index in [4.69, 9.17) is 11.6 Å². The van der Waals surface area contributed by atoms with Crippen molar-refractivity contribution >= 4 is 11.6 Å². The first-order valence-corrected chi connectivity index (χ1v) is 7.78. The van der Waals surface area contributed by atoms with Gasteiger partial charge in [0.1, 0.15) is 5.82 Å². The molecule has 0 aromatic heterocycles. The van der Waals surface area contributed by atoms with Crippen molar-refractivity contribution in [3.8, 4) is 0 Å². The summed E-state index contributed by atoms with van der Waals surface area (Å²) in [6, 6.07) is 15.1. The molecular weight excluding hydrogens is 285 g/mol. The third-order valence-electron chi connectivity index (χ3n) is 3.50. The van der Waals surface area contributed by atoms with Gasteiger partial charge >= 0.3 is 0 Å². The molecule has 0 spiro atoms. The molecule has 0 heterocycles. The Labute approximate surface area is 131 Å². The normalized spacial score (nSPS) is 12.3. The Kier molecular flexibility index (Phi) is 6.21. The highest BCUT2D eigenvalue weighted by Gasteiger charge is 2.12. The lowest BCUT2D eigenvalue weighted by atomic mass is 9.98. The highest BCUT2D eigenvalue weighted by molar-refractivity contribution is 6.30. The third kappa shape index (κ3) is 5.14. The molecule has 2 rings (SSSR count). The maximum atomic E-state index is 13.8. The Balaban J connectivity index is 2.07. The van der Waals surface area contributed by atoms with Crippen LogP contribution in [0.5, 0.6) is 0 Å². The Morgan fingerprint density at radius 1 is 1.05 bits per heavy atom. The summed E-state index contributed by atoms with van der Waals surface area (Å²) >= 11 is 5.92. The van der Waals surface area contributed by atoms with Crippen LogP contribution in [0.4, 0.5) is 4.39 Å². The van der Waals surface area contributed by atoms with E-state index in [1.165, 1.54) is 11.6 Å². The zero-order chi connectivity index (χ0) is 15.1. The van der Waals surface area contributed by atoms with Gasteiger partial charge in [0.05, 0.1) is 0 Å². The van der Waals surface area contributed by atoms with Crippen LogP contribution in [0.15, 0.2) is 48.5 Å². The van der Waals surface area contributed by atoms with Gasteiger partial charge in [0.25, 0.3) is 0 Å². The number of hydrogen-bond donors (Lipinski definition) is 1. The minimum absolute atomic E-state index is 0.128. The Morgan fingerprint density at radius 3 is 2.43 bits per heavy atom. The molecule has 1 atom stereocenters. The molecule has 1 nitrogen and oxygen atoms in total. The van der Waals surface area contributed by atoms with Crippen molar-refractivity contribution in [2.45, 2.75) is 32.2 Å². The minimum Gasteiger partial charge on any atom is -0.313 e. The lowest BCUT2D eigenvalue weighted by Crippen LogP contribution is -2.34. The molecule has 1 N–H and O–H groups in total. The molecule has 0 saturated carbocycles. The maximum absolute atomic E-state index is 13.8. The van der Waals surface area contributed by atoms with Crippen LogP contribution in [0.25, 0.3) is 0 Å². The van der Waals surface area contributed by atoms with Crippen molar-refractivity contribution in [1.29, 1.82) is 0 Å². The first-order valence-electron chi connectivity index (χ1n) is 7.40. The summed E-state index contributed by atoms with van der Waals surface area (Å²) in [5, 5.41) is 4.25. The van der Waals surface area contributed by atoms with Gasteiger partial charge in [-0.25, -0.2) is 4.39 Å². The smallest absolute Gasteiger partial charge is 0.126 e. The quantitative estimate of drug-likeness (QED) is 0.786. The van der Waals surface area contributed by atoms with Crippen LogP contribution >= 0.6 is 11.6 Å². The van der Waals surface area contributed by atoms with Crippen LogP contribution in [0.2, 0.25) is 5.02 Å². The summed E-state index contributed by atoms with van der Waals surface area (Å²) in [6.07, 6.45) is 2.62. The van der Waals surface area contributed by atoms with Crippen molar-refractivity contribution in [3.05, 3.63) is 70.5 Å². The molecule has 0 aliphatic heterocycles. The van der Waals surface area contributed by atoms with E-state index in [-0.39, 0.29) is 11.9 Å². The Morgan fingerprint density at radius 2 is 1.76 bits per heavy atom. The molecule has 0 saturated heterocycles. The van der Waals surface area contributed by atoms with Crippen molar-refractivity contribution < 1.29 is 4.39 Å². The fraction of sp³-hybridized carbons (Fsp3) is 0.333. The third-order valence-corrected chi connectivity index (χ3v) is 3.75. The molecule has 0 aliphatic carbocycles. The first kappa shape index (κ1) is 16.0. The second kappa shape index (κ2) is 8.16. The number of benzene rings is 2. The van der Waals surface area contributed by atoms with Gasteiger partial charge in [-0.3, -0.25) is 0 Å². The van der Waals surface area contributed by atoms with Crippen LogP contribution in [-0.2, 0) is 12.8 Å². The SMILES string of the molecule is CCCNC(Cc1ccc(Cl)cc1)Cc1ccccc1F. The van der Waals surface area contributed by atoms with E-state index in [2.05, 4.69) is 12.2 Å². The van der Waals surface area contributed by atoms with Gasteiger partial charge in [0, 0.05) is 11.1 Å². The first-order chi connectivity index (χ1) is 10.2. The molecule has 2 aromatic rings. The molecule has 21 heavy (non-hydrogen) atoms. The molecule has 0 bridgehead atoms.